The summed E-state index contributed by atoms with van der Waals surface area (Å²) in [5.74, 6) is -0.800. The average molecular weight is 505 g/mol. The molecule has 0 radical (unpaired) electrons. The lowest BCUT2D eigenvalue weighted by molar-refractivity contribution is -0.142. The molecule has 4 rings (SSSR count). The topological polar surface area (TPSA) is 65.7 Å². The number of carbonyl (C=O) groups is 1. The predicted octanol–water partition coefficient (Wildman–Crippen LogP) is 6.50. The summed E-state index contributed by atoms with van der Waals surface area (Å²) < 4.78 is 2.35. The highest BCUT2D eigenvalue weighted by Gasteiger charge is 2.36. The van der Waals surface area contributed by atoms with Gasteiger partial charge in [-0.05, 0) is 76.1 Å². The van der Waals surface area contributed by atoms with Crippen molar-refractivity contribution in [1.82, 2.24) is 9.47 Å². The van der Waals surface area contributed by atoms with Gasteiger partial charge < -0.3 is 19.7 Å². The zero-order chi connectivity index (χ0) is 26.5. The highest BCUT2D eigenvalue weighted by molar-refractivity contribution is 5.85. The smallest absolute Gasteiger partial charge is 0.313 e. The fourth-order valence-electron chi connectivity index (χ4n) is 5.63. The van der Waals surface area contributed by atoms with Gasteiger partial charge in [-0.1, -0.05) is 62.2 Å². The first-order valence-electron chi connectivity index (χ1n) is 14.1. The van der Waals surface area contributed by atoms with Crippen molar-refractivity contribution >= 4 is 16.9 Å². The second kappa shape index (κ2) is 11.8. The Labute approximate surface area is 222 Å². The first-order chi connectivity index (χ1) is 17.7. The highest BCUT2D eigenvalue weighted by atomic mass is 16.4. The molecule has 1 saturated heterocycles. The molecule has 1 aliphatic rings. The zero-order valence-corrected chi connectivity index (χ0v) is 22.9. The number of fused-ring (bicyclic) bond motifs is 1. The zero-order valence-electron chi connectivity index (χ0n) is 22.9. The van der Waals surface area contributed by atoms with Crippen LogP contribution in [-0.2, 0) is 28.8 Å². The Bertz CT molecular complexity index is 1170. The minimum absolute atomic E-state index is 0.752. The molecular weight excluding hydrogens is 460 g/mol. The molecule has 5 nitrogen and oxygen atoms in total. The van der Waals surface area contributed by atoms with Crippen molar-refractivity contribution in [2.45, 2.75) is 89.7 Å². The number of benzene rings is 2. The summed E-state index contributed by atoms with van der Waals surface area (Å²) in [6.45, 7) is 9.63. The molecule has 0 saturated carbocycles. The number of para-hydroxylation sites is 1. The summed E-state index contributed by atoms with van der Waals surface area (Å²) in [5.41, 5.74) is 2.83. The highest BCUT2D eigenvalue weighted by Crippen LogP contribution is 2.38. The quantitative estimate of drug-likeness (QED) is 0.276. The maximum Gasteiger partial charge on any atom is 0.313 e. The molecular formula is C32H44N2O3. The summed E-state index contributed by atoms with van der Waals surface area (Å²) in [6, 6.07) is 16.6. The summed E-state index contributed by atoms with van der Waals surface area (Å²) in [7, 11) is 0. The van der Waals surface area contributed by atoms with Crippen LogP contribution in [0.3, 0.4) is 0 Å². The third kappa shape index (κ3) is 6.27. The van der Waals surface area contributed by atoms with Gasteiger partial charge in [0, 0.05) is 42.3 Å². The SMILES string of the molecule is CCCCCn1cc(C2(O)CCN(CCCCc3ccc(C(C)(C)C(=O)O)cc3)CC2)c2ccccc21. The molecule has 0 spiro atoms. The van der Waals surface area contributed by atoms with Crippen LogP contribution < -0.4 is 0 Å². The number of aryl methyl sites for hydroxylation is 2. The van der Waals surface area contributed by atoms with Crippen LogP contribution in [0.25, 0.3) is 10.9 Å². The molecule has 3 aromatic rings. The molecule has 2 N–H and O–H groups in total. The van der Waals surface area contributed by atoms with Gasteiger partial charge in [0.1, 0.15) is 0 Å². The van der Waals surface area contributed by atoms with E-state index in [1.807, 2.05) is 12.1 Å². The van der Waals surface area contributed by atoms with Crippen LogP contribution in [0.15, 0.2) is 54.7 Å². The van der Waals surface area contributed by atoms with E-state index in [0.29, 0.717) is 0 Å². The van der Waals surface area contributed by atoms with E-state index in [-0.39, 0.29) is 0 Å². The summed E-state index contributed by atoms with van der Waals surface area (Å²) in [5, 5.41) is 22.3. The molecule has 0 bridgehead atoms. The standard InChI is InChI=1S/C32H44N2O3/c1-4-5-9-21-34-24-28(27-12-6-7-13-29(27)34)32(37)18-22-33(23-19-32)20-10-8-11-25-14-16-26(17-15-25)31(2,3)30(35)36/h6-7,12-17,24,37H,4-5,8-11,18-23H2,1-3H3,(H,35,36). The van der Waals surface area contributed by atoms with Gasteiger partial charge in [-0.2, -0.15) is 0 Å². The number of piperidine rings is 1. The number of carboxylic acids is 1. The fraction of sp³-hybridized carbons (Fsp3) is 0.531. The Balaban J connectivity index is 1.27. The Hall–Kier alpha value is -2.63. The number of likely N-dealkylation sites (tertiary alicyclic amines) is 1. The van der Waals surface area contributed by atoms with Gasteiger partial charge in [0.15, 0.2) is 0 Å². The molecule has 1 aliphatic heterocycles. The summed E-state index contributed by atoms with van der Waals surface area (Å²) >= 11 is 0. The molecule has 1 fully saturated rings. The molecule has 2 heterocycles. The first-order valence-corrected chi connectivity index (χ1v) is 14.1. The number of hydrogen-bond donors (Lipinski definition) is 2. The average Bonchev–Trinajstić information content (AvgIpc) is 3.28. The van der Waals surface area contributed by atoms with Crippen molar-refractivity contribution < 1.29 is 15.0 Å². The third-order valence-electron chi connectivity index (χ3n) is 8.38. The van der Waals surface area contributed by atoms with E-state index < -0.39 is 17.0 Å². The van der Waals surface area contributed by atoms with Crippen LogP contribution in [-0.4, -0.2) is 45.3 Å². The summed E-state index contributed by atoms with van der Waals surface area (Å²) in [4.78, 5) is 14.0. The van der Waals surface area contributed by atoms with Gasteiger partial charge in [0.05, 0.1) is 11.0 Å². The number of nitrogens with zero attached hydrogens (tertiary/aromatic N) is 2. The normalized spacial score (nSPS) is 16.3. The summed E-state index contributed by atoms with van der Waals surface area (Å²) in [6.07, 6.45) is 10.6. The number of aromatic nitrogens is 1. The van der Waals surface area contributed by atoms with Crippen molar-refractivity contribution in [1.29, 1.82) is 0 Å². The van der Waals surface area contributed by atoms with Crippen molar-refractivity contribution in [3.63, 3.8) is 0 Å². The van der Waals surface area contributed by atoms with E-state index in [1.54, 1.807) is 13.8 Å². The van der Waals surface area contributed by atoms with E-state index >= 15 is 0 Å². The van der Waals surface area contributed by atoms with Gasteiger partial charge in [-0.15, -0.1) is 0 Å². The Morgan fingerprint density at radius 2 is 1.62 bits per heavy atom. The molecule has 0 unspecified atom stereocenters. The van der Waals surface area contributed by atoms with Crippen molar-refractivity contribution in [3.8, 4) is 0 Å². The fourth-order valence-corrected chi connectivity index (χ4v) is 5.63. The molecule has 0 atom stereocenters. The number of carboxylic acid groups (broad SMARTS) is 1. The molecule has 200 valence electrons. The van der Waals surface area contributed by atoms with Crippen LogP contribution >= 0.6 is 0 Å². The van der Waals surface area contributed by atoms with Crippen LogP contribution in [0.5, 0.6) is 0 Å². The van der Waals surface area contributed by atoms with E-state index in [9.17, 15) is 15.0 Å². The number of aliphatic hydroxyl groups is 1. The van der Waals surface area contributed by atoms with Gasteiger partial charge >= 0.3 is 5.97 Å². The molecule has 2 aromatic carbocycles. The Morgan fingerprint density at radius 1 is 0.946 bits per heavy atom. The van der Waals surface area contributed by atoms with Gasteiger partial charge in [-0.3, -0.25) is 4.79 Å². The number of aliphatic carboxylic acids is 1. The van der Waals surface area contributed by atoms with Crippen LogP contribution in [0.2, 0.25) is 0 Å². The van der Waals surface area contributed by atoms with E-state index in [0.717, 1.165) is 69.4 Å². The first kappa shape index (κ1) is 27.4. The van der Waals surface area contributed by atoms with Crippen molar-refractivity contribution in [2.24, 2.45) is 0 Å². The lowest BCUT2D eigenvalue weighted by atomic mass is 9.84. The molecule has 37 heavy (non-hydrogen) atoms. The third-order valence-corrected chi connectivity index (χ3v) is 8.38. The lowest BCUT2D eigenvalue weighted by Gasteiger charge is -2.38. The number of unbranched alkanes of at least 4 members (excludes halogenated alkanes) is 3. The molecule has 0 amide bonds. The van der Waals surface area contributed by atoms with Crippen LogP contribution in [0.4, 0.5) is 0 Å². The van der Waals surface area contributed by atoms with Gasteiger partial charge in [0.25, 0.3) is 0 Å². The molecule has 1 aromatic heterocycles. The minimum Gasteiger partial charge on any atom is -0.481 e. The van der Waals surface area contributed by atoms with E-state index in [4.69, 9.17) is 0 Å². The monoisotopic (exact) mass is 504 g/mol. The van der Waals surface area contributed by atoms with Gasteiger partial charge in [0.2, 0.25) is 0 Å². The Morgan fingerprint density at radius 3 is 2.30 bits per heavy atom. The van der Waals surface area contributed by atoms with E-state index in [2.05, 4.69) is 59.0 Å². The van der Waals surface area contributed by atoms with E-state index in [1.165, 1.54) is 35.7 Å². The number of rotatable bonds is 12. The van der Waals surface area contributed by atoms with Crippen molar-refractivity contribution in [2.75, 3.05) is 19.6 Å². The maximum absolute atomic E-state index is 11.7. The predicted molar refractivity (Wildman–Crippen MR) is 151 cm³/mol. The number of hydrogen-bond acceptors (Lipinski definition) is 3. The second-order valence-corrected chi connectivity index (χ2v) is 11.4. The van der Waals surface area contributed by atoms with Crippen molar-refractivity contribution in [3.05, 3.63) is 71.4 Å². The lowest BCUT2D eigenvalue weighted by Crippen LogP contribution is -2.42. The molecule has 5 heteroatoms. The maximum atomic E-state index is 11.7. The second-order valence-electron chi connectivity index (χ2n) is 11.4. The van der Waals surface area contributed by atoms with Crippen LogP contribution in [0, 0.1) is 0 Å². The van der Waals surface area contributed by atoms with Gasteiger partial charge in [-0.25, -0.2) is 0 Å². The molecule has 0 aliphatic carbocycles. The minimum atomic E-state index is -0.862. The van der Waals surface area contributed by atoms with Crippen LogP contribution in [0.1, 0.15) is 82.4 Å². The largest absolute Gasteiger partial charge is 0.481 e. The Kier molecular flexibility index (Phi) is 8.76.